The summed E-state index contributed by atoms with van der Waals surface area (Å²) in [5.74, 6) is -1.04. The zero-order valence-electron chi connectivity index (χ0n) is 10.00. The molecule has 0 bridgehead atoms. The van der Waals surface area contributed by atoms with Crippen LogP contribution in [0.2, 0.25) is 0 Å². The Hall–Kier alpha value is -1.31. The molecule has 0 atom stereocenters. The summed E-state index contributed by atoms with van der Waals surface area (Å²) < 4.78 is 47.7. The van der Waals surface area contributed by atoms with Gasteiger partial charge < -0.3 is 9.47 Å². The largest absolute Gasteiger partial charge is 0.467 e. The van der Waals surface area contributed by atoms with Crippen LogP contribution >= 0.6 is 11.3 Å². The Morgan fingerprint density at radius 2 is 2.06 bits per heavy atom. The van der Waals surface area contributed by atoms with E-state index in [-0.39, 0.29) is 17.9 Å². The highest BCUT2D eigenvalue weighted by atomic mass is 32.1. The zero-order chi connectivity index (χ0) is 13.9. The van der Waals surface area contributed by atoms with Gasteiger partial charge in [0.2, 0.25) is 0 Å². The fourth-order valence-corrected chi connectivity index (χ4v) is 2.03. The summed E-state index contributed by atoms with van der Waals surface area (Å²) in [5, 5.41) is -0.194. The van der Waals surface area contributed by atoms with E-state index >= 15 is 0 Å². The molecule has 18 heavy (non-hydrogen) atoms. The Morgan fingerprint density at radius 3 is 2.50 bits per heavy atom. The molecule has 0 saturated carbocycles. The smallest absolute Gasteiger partial charge is 0.435 e. The maximum atomic E-state index is 12.7. The molecule has 0 aliphatic carbocycles. The van der Waals surface area contributed by atoms with E-state index in [1.165, 1.54) is 6.92 Å². The highest BCUT2D eigenvalue weighted by Gasteiger charge is 2.40. The van der Waals surface area contributed by atoms with Crippen LogP contribution in [0.4, 0.5) is 13.2 Å². The van der Waals surface area contributed by atoms with Crippen LogP contribution in [0.15, 0.2) is 0 Å². The average molecular weight is 283 g/mol. The molecule has 102 valence electrons. The van der Waals surface area contributed by atoms with Gasteiger partial charge in [-0.25, -0.2) is 4.79 Å². The Kier molecular flexibility index (Phi) is 4.55. The Labute approximate surface area is 106 Å². The van der Waals surface area contributed by atoms with Gasteiger partial charge in [0, 0.05) is 0 Å². The lowest BCUT2D eigenvalue weighted by Gasteiger charge is -2.05. The molecule has 0 aliphatic rings. The van der Waals surface area contributed by atoms with Crippen molar-refractivity contribution >= 4 is 17.3 Å². The number of alkyl halides is 3. The molecule has 0 radical (unpaired) electrons. The standard InChI is InChI=1S/C10H12F3NO3S/c1-4-16-8(15)6-7(10(11,12)13)14-9(18-6)17-5(2)3/h5H,4H2,1-3H3. The van der Waals surface area contributed by atoms with Gasteiger partial charge in [0.15, 0.2) is 5.69 Å². The number of carbonyl (C=O) groups is 1. The summed E-state index contributed by atoms with van der Waals surface area (Å²) in [7, 11) is 0. The molecule has 1 heterocycles. The van der Waals surface area contributed by atoms with Crippen LogP contribution in [0, 0.1) is 0 Å². The van der Waals surface area contributed by atoms with Gasteiger partial charge >= 0.3 is 12.1 Å². The Bertz CT molecular complexity index is 428. The molecule has 1 rings (SSSR count). The maximum absolute atomic E-state index is 12.7. The van der Waals surface area contributed by atoms with Crippen LogP contribution < -0.4 is 4.74 Å². The molecule has 0 spiro atoms. The molecule has 8 heteroatoms. The fourth-order valence-electron chi connectivity index (χ4n) is 1.08. The maximum Gasteiger partial charge on any atom is 0.435 e. The molecule has 4 nitrogen and oxygen atoms in total. The molecule has 0 saturated heterocycles. The number of aromatic nitrogens is 1. The molecule has 0 unspecified atom stereocenters. The number of nitrogens with zero attached hydrogens (tertiary/aromatic N) is 1. The number of esters is 1. The summed E-state index contributed by atoms with van der Waals surface area (Å²) in [6.45, 7) is 4.81. The first kappa shape index (κ1) is 14.7. The van der Waals surface area contributed by atoms with Crippen LogP contribution in [0.1, 0.15) is 36.1 Å². The predicted molar refractivity (Wildman–Crippen MR) is 58.8 cm³/mol. The van der Waals surface area contributed by atoms with Crippen LogP contribution in [-0.2, 0) is 10.9 Å². The van der Waals surface area contributed by atoms with Gasteiger partial charge in [0.1, 0.15) is 4.88 Å². The number of hydrogen-bond acceptors (Lipinski definition) is 5. The number of halogens is 3. The molecule has 0 fully saturated rings. The first-order chi connectivity index (χ1) is 8.25. The van der Waals surface area contributed by atoms with Crippen molar-refractivity contribution in [1.29, 1.82) is 0 Å². The van der Waals surface area contributed by atoms with Crippen molar-refractivity contribution < 1.29 is 27.4 Å². The second kappa shape index (κ2) is 5.55. The van der Waals surface area contributed by atoms with Crippen molar-refractivity contribution in [3.05, 3.63) is 10.6 Å². The van der Waals surface area contributed by atoms with Crippen molar-refractivity contribution in [2.45, 2.75) is 33.1 Å². The highest BCUT2D eigenvalue weighted by molar-refractivity contribution is 7.15. The van der Waals surface area contributed by atoms with Crippen molar-refractivity contribution in [2.24, 2.45) is 0 Å². The number of hydrogen-bond donors (Lipinski definition) is 0. The number of rotatable bonds is 4. The lowest BCUT2D eigenvalue weighted by Crippen LogP contribution is -2.13. The first-order valence-corrected chi connectivity index (χ1v) is 5.99. The monoisotopic (exact) mass is 283 g/mol. The highest BCUT2D eigenvalue weighted by Crippen LogP contribution is 2.37. The van der Waals surface area contributed by atoms with Crippen molar-refractivity contribution in [1.82, 2.24) is 4.98 Å². The van der Waals surface area contributed by atoms with Crippen LogP contribution in [0.3, 0.4) is 0 Å². The molecule has 1 aromatic heterocycles. The minimum absolute atomic E-state index is 0.00555. The molecule has 0 aromatic carbocycles. The summed E-state index contributed by atoms with van der Waals surface area (Å²) in [6, 6.07) is 0. The summed E-state index contributed by atoms with van der Waals surface area (Å²) in [6.07, 6.45) is -5.04. The molecule has 0 amide bonds. The van der Waals surface area contributed by atoms with E-state index in [4.69, 9.17) is 4.74 Å². The Balaban J connectivity index is 3.13. The second-order valence-electron chi connectivity index (χ2n) is 3.54. The predicted octanol–water partition coefficient (Wildman–Crippen LogP) is 3.13. The van der Waals surface area contributed by atoms with E-state index < -0.39 is 22.7 Å². The summed E-state index contributed by atoms with van der Waals surface area (Å²) >= 11 is 0.535. The molecule has 0 aliphatic heterocycles. The lowest BCUT2D eigenvalue weighted by atomic mass is 10.3. The minimum Gasteiger partial charge on any atom is -0.467 e. The van der Waals surface area contributed by atoms with Gasteiger partial charge in [-0.05, 0) is 20.8 Å². The van der Waals surface area contributed by atoms with Gasteiger partial charge in [0.25, 0.3) is 5.19 Å². The molecular formula is C10H12F3NO3S. The third-order valence-electron chi connectivity index (χ3n) is 1.67. The normalized spacial score (nSPS) is 11.7. The van der Waals surface area contributed by atoms with E-state index in [9.17, 15) is 18.0 Å². The summed E-state index contributed by atoms with van der Waals surface area (Å²) in [4.78, 5) is 14.1. The Morgan fingerprint density at radius 1 is 1.44 bits per heavy atom. The van der Waals surface area contributed by atoms with Gasteiger partial charge in [-0.15, -0.1) is 0 Å². The topological polar surface area (TPSA) is 48.4 Å². The number of thiazole rings is 1. The van der Waals surface area contributed by atoms with Gasteiger partial charge in [0.05, 0.1) is 12.7 Å². The van der Waals surface area contributed by atoms with Crippen molar-refractivity contribution in [3.8, 4) is 5.19 Å². The molecular weight excluding hydrogens is 271 g/mol. The lowest BCUT2D eigenvalue weighted by molar-refractivity contribution is -0.141. The van der Waals surface area contributed by atoms with E-state index in [0.717, 1.165) is 0 Å². The minimum atomic E-state index is -4.71. The van der Waals surface area contributed by atoms with Crippen molar-refractivity contribution in [3.63, 3.8) is 0 Å². The third-order valence-corrected chi connectivity index (χ3v) is 2.60. The molecule has 1 aromatic rings. The number of ether oxygens (including phenoxy) is 2. The van der Waals surface area contributed by atoms with Crippen LogP contribution in [0.25, 0.3) is 0 Å². The van der Waals surface area contributed by atoms with E-state index in [0.29, 0.717) is 11.3 Å². The molecule has 0 N–H and O–H groups in total. The average Bonchev–Trinajstić information content (AvgIpc) is 2.60. The van der Waals surface area contributed by atoms with E-state index in [2.05, 4.69) is 9.72 Å². The quantitative estimate of drug-likeness (QED) is 0.797. The van der Waals surface area contributed by atoms with Crippen molar-refractivity contribution in [2.75, 3.05) is 6.61 Å². The van der Waals surface area contributed by atoms with E-state index in [1.54, 1.807) is 13.8 Å². The van der Waals surface area contributed by atoms with Gasteiger partial charge in [-0.3, -0.25) is 0 Å². The zero-order valence-corrected chi connectivity index (χ0v) is 10.8. The number of carbonyl (C=O) groups excluding carboxylic acids is 1. The fraction of sp³-hybridized carbons (Fsp3) is 0.600. The third kappa shape index (κ3) is 3.59. The van der Waals surface area contributed by atoms with Crippen LogP contribution in [-0.4, -0.2) is 23.7 Å². The first-order valence-electron chi connectivity index (χ1n) is 5.17. The second-order valence-corrected chi connectivity index (χ2v) is 4.50. The SMILES string of the molecule is CCOC(=O)c1sc(OC(C)C)nc1C(F)(F)F. The van der Waals surface area contributed by atoms with Gasteiger partial charge in [-0.1, -0.05) is 11.3 Å². The van der Waals surface area contributed by atoms with Gasteiger partial charge in [-0.2, -0.15) is 18.2 Å². The van der Waals surface area contributed by atoms with E-state index in [1.807, 2.05) is 0 Å². The summed E-state index contributed by atoms with van der Waals surface area (Å²) in [5.41, 5.74) is -1.26. The van der Waals surface area contributed by atoms with Crippen LogP contribution in [0.5, 0.6) is 5.19 Å².